The van der Waals surface area contributed by atoms with Crippen LogP contribution in [0.4, 0.5) is 10.1 Å². The standard InChI is InChI=1S/C31H24FN5O3/c1-35-28(21-11-7-4-8-12-21)27(31(39)36(35)2)30(38)34-22-13-14-25(24(32)19-22)40-26-15-17-33-37-18-16-23(29(26)37)20-9-5-3-6-10-20/h3-19H,1-2H3,(H,34,38). The van der Waals surface area contributed by atoms with E-state index in [1.807, 2.05) is 72.9 Å². The van der Waals surface area contributed by atoms with Crippen LogP contribution in [0, 0.1) is 5.82 Å². The Morgan fingerprint density at radius 2 is 1.55 bits per heavy atom. The van der Waals surface area contributed by atoms with Crippen molar-refractivity contribution in [3.63, 3.8) is 0 Å². The Morgan fingerprint density at radius 3 is 2.25 bits per heavy atom. The van der Waals surface area contributed by atoms with Gasteiger partial charge in [-0.2, -0.15) is 5.10 Å². The maximum atomic E-state index is 15.3. The van der Waals surface area contributed by atoms with Crippen LogP contribution < -0.4 is 15.6 Å². The molecular formula is C31H24FN5O3. The van der Waals surface area contributed by atoms with Gasteiger partial charge in [0.2, 0.25) is 0 Å². The van der Waals surface area contributed by atoms with Crippen LogP contribution in [0.25, 0.3) is 27.9 Å². The quantitative estimate of drug-likeness (QED) is 0.290. The Balaban J connectivity index is 1.30. The number of amides is 1. The lowest BCUT2D eigenvalue weighted by Gasteiger charge is -2.12. The maximum absolute atomic E-state index is 15.3. The number of benzene rings is 3. The van der Waals surface area contributed by atoms with Gasteiger partial charge in [-0.25, -0.2) is 8.91 Å². The largest absolute Gasteiger partial charge is 0.452 e. The number of halogens is 1. The minimum Gasteiger partial charge on any atom is -0.452 e. The highest BCUT2D eigenvalue weighted by molar-refractivity contribution is 6.08. The van der Waals surface area contributed by atoms with E-state index in [1.165, 1.54) is 16.8 Å². The lowest BCUT2D eigenvalue weighted by Crippen LogP contribution is -2.24. The zero-order valence-electron chi connectivity index (χ0n) is 21.7. The Hall–Kier alpha value is -5.44. The minimum atomic E-state index is -0.676. The Morgan fingerprint density at radius 1 is 0.850 bits per heavy atom. The molecule has 198 valence electrons. The molecule has 1 amide bonds. The van der Waals surface area contributed by atoms with Crippen molar-refractivity contribution in [3.8, 4) is 33.9 Å². The summed E-state index contributed by atoms with van der Waals surface area (Å²) in [5.41, 5.74) is 3.45. The highest BCUT2D eigenvalue weighted by Gasteiger charge is 2.24. The van der Waals surface area contributed by atoms with Gasteiger partial charge in [0.1, 0.15) is 11.1 Å². The average molecular weight is 534 g/mol. The van der Waals surface area contributed by atoms with Gasteiger partial charge >= 0.3 is 0 Å². The number of nitrogens with zero attached hydrogens (tertiary/aromatic N) is 4. The number of rotatable bonds is 6. The number of carbonyl (C=O) groups is 1. The Labute approximate surface area is 228 Å². The zero-order valence-corrected chi connectivity index (χ0v) is 21.7. The molecule has 6 rings (SSSR count). The Kier molecular flexibility index (Phi) is 6.24. The van der Waals surface area contributed by atoms with Crippen LogP contribution in [-0.2, 0) is 14.1 Å². The van der Waals surface area contributed by atoms with Crippen molar-refractivity contribution < 1.29 is 13.9 Å². The van der Waals surface area contributed by atoms with Gasteiger partial charge in [-0.05, 0) is 23.8 Å². The van der Waals surface area contributed by atoms with Crippen LogP contribution in [-0.4, -0.2) is 24.9 Å². The molecule has 3 heterocycles. The summed E-state index contributed by atoms with van der Waals surface area (Å²) in [4.78, 5) is 26.2. The molecular weight excluding hydrogens is 509 g/mol. The van der Waals surface area contributed by atoms with E-state index in [0.717, 1.165) is 17.2 Å². The average Bonchev–Trinajstić information content (AvgIpc) is 3.51. The molecule has 3 aromatic carbocycles. The topological polar surface area (TPSA) is 82.6 Å². The molecule has 0 fully saturated rings. The van der Waals surface area contributed by atoms with Gasteiger partial charge < -0.3 is 10.1 Å². The summed E-state index contributed by atoms with van der Waals surface area (Å²) in [6, 6.07) is 26.7. The van der Waals surface area contributed by atoms with E-state index in [1.54, 1.807) is 35.6 Å². The van der Waals surface area contributed by atoms with Crippen molar-refractivity contribution in [2.45, 2.75) is 0 Å². The van der Waals surface area contributed by atoms with Gasteiger partial charge in [0.15, 0.2) is 17.3 Å². The summed E-state index contributed by atoms with van der Waals surface area (Å²) in [5.74, 6) is -0.906. The van der Waals surface area contributed by atoms with Gasteiger partial charge in [0, 0.05) is 49.2 Å². The van der Waals surface area contributed by atoms with Crippen LogP contribution in [0.1, 0.15) is 10.4 Å². The fraction of sp³-hybridized carbons (Fsp3) is 0.0645. The first kappa shape index (κ1) is 24.9. The molecule has 9 heteroatoms. The number of fused-ring (bicyclic) bond motifs is 1. The Bertz CT molecular complexity index is 1920. The summed E-state index contributed by atoms with van der Waals surface area (Å²) in [6.07, 6.45) is 3.39. The van der Waals surface area contributed by atoms with E-state index in [2.05, 4.69) is 10.4 Å². The lowest BCUT2D eigenvalue weighted by atomic mass is 10.1. The van der Waals surface area contributed by atoms with Crippen molar-refractivity contribution in [3.05, 3.63) is 125 Å². The van der Waals surface area contributed by atoms with Crippen molar-refractivity contribution in [2.75, 3.05) is 5.32 Å². The molecule has 0 aliphatic carbocycles. The van der Waals surface area contributed by atoms with Crippen LogP contribution in [0.2, 0.25) is 0 Å². The molecule has 0 radical (unpaired) electrons. The van der Waals surface area contributed by atoms with E-state index in [-0.39, 0.29) is 17.0 Å². The molecule has 0 aliphatic rings. The van der Waals surface area contributed by atoms with E-state index in [0.29, 0.717) is 22.5 Å². The third-order valence-electron chi connectivity index (χ3n) is 6.80. The smallest absolute Gasteiger partial charge is 0.279 e. The molecule has 0 bridgehead atoms. The number of hydrogen-bond acceptors (Lipinski definition) is 4. The van der Waals surface area contributed by atoms with Crippen LogP contribution >= 0.6 is 0 Å². The molecule has 0 aliphatic heterocycles. The lowest BCUT2D eigenvalue weighted by molar-refractivity contribution is 0.102. The summed E-state index contributed by atoms with van der Waals surface area (Å²) in [7, 11) is 3.29. The molecule has 0 unspecified atom stereocenters. The second-order valence-corrected chi connectivity index (χ2v) is 9.23. The molecule has 8 nitrogen and oxygen atoms in total. The first-order chi connectivity index (χ1) is 19.4. The van der Waals surface area contributed by atoms with Crippen LogP contribution in [0.5, 0.6) is 11.5 Å². The molecule has 3 aromatic heterocycles. The van der Waals surface area contributed by atoms with Crippen molar-refractivity contribution in [1.82, 2.24) is 19.0 Å². The van der Waals surface area contributed by atoms with Crippen LogP contribution in [0.3, 0.4) is 0 Å². The van der Waals surface area contributed by atoms with Gasteiger partial charge in [-0.3, -0.25) is 19.0 Å². The maximum Gasteiger partial charge on any atom is 0.279 e. The third kappa shape index (κ3) is 4.33. The molecule has 6 aromatic rings. The summed E-state index contributed by atoms with van der Waals surface area (Å²) in [5, 5.41) is 7.00. The normalized spacial score (nSPS) is 11.1. The summed E-state index contributed by atoms with van der Waals surface area (Å²) in [6.45, 7) is 0. The van der Waals surface area contributed by atoms with Crippen LogP contribution in [0.15, 0.2) is 108 Å². The second-order valence-electron chi connectivity index (χ2n) is 9.23. The highest BCUT2D eigenvalue weighted by Crippen LogP contribution is 2.35. The molecule has 0 atom stereocenters. The predicted octanol–water partition coefficient (Wildman–Crippen LogP) is 5.89. The number of hydrogen-bond donors (Lipinski definition) is 1. The van der Waals surface area contributed by atoms with Gasteiger partial charge in [-0.15, -0.1) is 0 Å². The van der Waals surface area contributed by atoms with Crippen molar-refractivity contribution in [1.29, 1.82) is 0 Å². The first-order valence-corrected chi connectivity index (χ1v) is 12.5. The zero-order chi connectivity index (χ0) is 27.8. The number of aromatic nitrogens is 4. The fourth-order valence-electron chi connectivity index (χ4n) is 4.77. The molecule has 40 heavy (non-hydrogen) atoms. The van der Waals surface area contributed by atoms with E-state index < -0.39 is 17.3 Å². The third-order valence-corrected chi connectivity index (χ3v) is 6.80. The summed E-state index contributed by atoms with van der Waals surface area (Å²) < 4.78 is 25.9. The first-order valence-electron chi connectivity index (χ1n) is 12.5. The monoisotopic (exact) mass is 533 g/mol. The molecule has 0 saturated carbocycles. The second kappa shape index (κ2) is 10.0. The van der Waals surface area contributed by atoms with E-state index >= 15 is 4.39 Å². The minimum absolute atomic E-state index is 0.0214. The van der Waals surface area contributed by atoms with Gasteiger partial charge in [0.25, 0.3) is 11.5 Å². The predicted molar refractivity (Wildman–Crippen MR) is 151 cm³/mol. The van der Waals surface area contributed by atoms with Crippen molar-refractivity contribution >= 4 is 17.1 Å². The number of nitrogens with one attached hydrogen (secondary N) is 1. The number of ether oxygens (including phenoxy) is 1. The fourth-order valence-corrected chi connectivity index (χ4v) is 4.77. The van der Waals surface area contributed by atoms with Crippen molar-refractivity contribution in [2.24, 2.45) is 14.1 Å². The van der Waals surface area contributed by atoms with E-state index in [4.69, 9.17) is 4.74 Å². The van der Waals surface area contributed by atoms with Gasteiger partial charge in [0.05, 0.1) is 11.9 Å². The van der Waals surface area contributed by atoms with E-state index in [9.17, 15) is 9.59 Å². The number of anilines is 1. The number of carbonyl (C=O) groups excluding carboxylic acids is 1. The molecule has 0 spiro atoms. The molecule has 1 N–H and O–H groups in total. The molecule has 0 saturated heterocycles. The van der Waals surface area contributed by atoms with Gasteiger partial charge in [-0.1, -0.05) is 60.7 Å². The summed E-state index contributed by atoms with van der Waals surface area (Å²) >= 11 is 0. The highest BCUT2D eigenvalue weighted by atomic mass is 19.1. The SMILES string of the molecule is Cn1c(-c2ccccc2)c(C(=O)Nc2ccc(Oc3ccnn4ccc(-c5ccccc5)c34)c(F)c2)c(=O)n1C.